The molecule has 246 valence electrons. The largest absolute Gasteiger partial charge is 0.480 e. The van der Waals surface area contributed by atoms with Gasteiger partial charge in [-0.15, -0.1) is 0 Å². The molecule has 1 atom stereocenters. The lowest BCUT2D eigenvalue weighted by Crippen LogP contribution is -2.41. The number of nitrogens with zero attached hydrogens (tertiary/aromatic N) is 3. The lowest BCUT2D eigenvalue weighted by molar-refractivity contribution is -0.139. The number of hydrogen-bond donors (Lipinski definition) is 2. The third kappa shape index (κ3) is 7.45. The first-order valence-corrected chi connectivity index (χ1v) is 16.8. The number of carboxylic acids is 1. The molecule has 7 rings (SSSR count). The fraction of sp³-hybridized carbons (Fsp3) is 0.220. The summed E-state index contributed by atoms with van der Waals surface area (Å²) >= 11 is 0. The van der Waals surface area contributed by atoms with Crippen LogP contribution in [0.15, 0.2) is 122 Å². The molecule has 0 spiro atoms. The summed E-state index contributed by atoms with van der Waals surface area (Å²) in [6, 6.07) is 35.8. The van der Waals surface area contributed by atoms with E-state index in [0.29, 0.717) is 26.1 Å². The number of aromatic nitrogens is 2. The summed E-state index contributed by atoms with van der Waals surface area (Å²) in [5.41, 5.74) is 6.40. The molecule has 8 heteroatoms. The lowest BCUT2D eigenvalue weighted by atomic mass is 9.98. The Labute approximate surface area is 285 Å². The molecule has 1 aliphatic carbocycles. The first kappa shape index (κ1) is 32.0. The topological polar surface area (TPSA) is 105 Å². The number of amides is 1. The SMILES string of the molecule is O=C(N[C@@H](CCCCN(Cc1cc2ccccc2cn1)Cc1cc2ccccc2cn1)C(=O)O)OCC1c2ccccc2-c2ccccc21. The number of carboxylic acid groups (broad SMARTS) is 1. The zero-order valence-electron chi connectivity index (χ0n) is 27.2. The molecule has 8 nitrogen and oxygen atoms in total. The van der Waals surface area contributed by atoms with Crippen LogP contribution < -0.4 is 5.32 Å². The number of hydrogen-bond acceptors (Lipinski definition) is 6. The minimum Gasteiger partial charge on any atom is -0.480 e. The molecule has 0 saturated heterocycles. The van der Waals surface area contributed by atoms with Crippen molar-refractivity contribution in [2.75, 3.05) is 13.2 Å². The standard InChI is InChI=1S/C41H38N4O4/c46-40(47)39(44-41(48)49-27-38-36-17-7-5-15-34(36)35-16-6-8-18-37(35)38)19-9-10-20-45(25-32-21-28-11-1-3-13-30(28)23-42-32)26-33-22-29-12-2-4-14-31(29)24-43-33/h1-8,11-18,21-24,38-39H,9-10,19-20,25-27H2,(H,44,48)(H,46,47)/t39-/m0/s1. The summed E-state index contributed by atoms with van der Waals surface area (Å²) in [5, 5.41) is 17.0. The summed E-state index contributed by atoms with van der Waals surface area (Å²) in [6.45, 7) is 2.09. The number of unbranched alkanes of at least 4 members (excludes halogenated alkanes) is 1. The number of benzene rings is 4. The Bertz CT molecular complexity index is 1990. The number of nitrogens with one attached hydrogen (secondary N) is 1. The third-order valence-electron chi connectivity index (χ3n) is 9.30. The summed E-state index contributed by atoms with van der Waals surface area (Å²) < 4.78 is 5.62. The van der Waals surface area contributed by atoms with Crippen molar-refractivity contribution >= 4 is 33.6 Å². The van der Waals surface area contributed by atoms with Crippen molar-refractivity contribution in [2.45, 2.75) is 44.3 Å². The van der Waals surface area contributed by atoms with E-state index in [0.717, 1.165) is 61.6 Å². The first-order valence-electron chi connectivity index (χ1n) is 16.8. The Balaban J connectivity index is 0.964. The zero-order chi connectivity index (χ0) is 33.6. The molecule has 49 heavy (non-hydrogen) atoms. The maximum Gasteiger partial charge on any atom is 0.407 e. The lowest BCUT2D eigenvalue weighted by Gasteiger charge is -2.22. The minimum absolute atomic E-state index is 0.0957. The fourth-order valence-electron chi connectivity index (χ4n) is 6.83. The average molecular weight is 651 g/mol. The maximum atomic E-state index is 12.9. The van der Waals surface area contributed by atoms with Gasteiger partial charge in [-0.1, -0.05) is 97.1 Å². The van der Waals surface area contributed by atoms with Gasteiger partial charge in [-0.05, 0) is 71.0 Å². The molecule has 4 aromatic carbocycles. The number of ether oxygens (including phenoxy) is 1. The molecule has 1 aliphatic rings. The van der Waals surface area contributed by atoms with Crippen molar-refractivity contribution in [3.05, 3.63) is 144 Å². The van der Waals surface area contributed by atoms with Crippen LogP contribution in [0.3, 0.4) is 0 Å². The molecule has 0 bridgehead atoms. The molecule has 6 aromatic rings. The average Bonchev–Trinajstić information content (AvgIpc) is 3.45. The highest BCUT2D eigenvalue weighted by atomic mass is 16.5. The second-order valence-corrected chi connectivity index (χ2v) is 12.6. The van der Waals surface area contributed by atoms with Crippen LogP contribution >= 0.6 is 0 Å². The molecule has 0 fully saturated rings. The van der Waals surface area contributed by atoms with Gasteiger partial charge in [0.05, 0.1) is 11.4 Å². The second-order valence-electron chi connectivity index (χ2n) is 12.6. The normalized spacial score (nSPS) is 12.9. The Hall–Kier alpha value is -5.60. The van der Waals surface area contributed by atoms with Gasteiger partial charge in [0.2, 0.25) is 0 Å². The van der Waals surface area contributed by atoms with Gasteiger partial charge in [-0.25, -0.2) is 9.59 Å². The Kier molecular flexibility index (Phi) is 9.57. The molecular formula is C41H38N4O4. The van der Waals surface area contributed by atoms with Gasteiger partial charge in [0.15, 0.2) is 0 Å². The Morgan fingerprint density at radius 1 is 0.714 bits per heavy atom. The second kappa shape index (κ2) is 14.7. The van der Waals surface area contributed by atoms with Crippen LogP contribution in [0.5, 0.6) is 0 Å². The Morgan fingerprint density at radius 3 is 1.78 bits per heavy atom. The highest BCUT2D eigenvalue weighted by molar-refractivity contribution is 5.83. The van der Waals surface area contributed by atoms with E-state index in [9.17, 15) is 14.7 Å². The quantitative estimate of drug-likeness (QED) is 0.122. The first-order chi connectivity index (χ1) is 24.0. The van der Waals surface area contributed by atoms with Crippen molar-refractivity contribution < 1.29 is 19.4 Å². The smallest absolute Gasteiger partial charge is 0.407 e. The highest BCUT2D eigenvalue weighted by Gasteiger charge is 2.29. The van der Waals surface area contributed by atoms with Crippen LogP contribution in [0.1, 0.15) is 47.7 Å². The molecular weight excluding hydrogens is 612 g/mol. The van der Waals surface area contributed by atoms with Crippen molar-refractivity contribution in [1.29, 1.82) is 0 Å². The van der Waals surface area contributed by atoms with Gasteiger partial charge in [-0.3, -0.25) is 14.9 Å². The van der Waals surface area contributed by atoms with Gasteiger partial charge >= 0.3 is 12.1 Å². The van der Waals surface area contributed by atoms with E-state index in [4.69, 9.17) is 14.7 Å². The number of rotatable bonds is 13. The van der Waals surface area contributed by atoms with Gasteiger partial charge in [0.1, 0.15) is 12.6 Å². The minimum atomic E-state index is -1.08. The van der Waals surface area contributed by atoms with E-state index >= 15 is 0 Å². The van der Waals surface area contributed by atoms with E-state index in [1.54, 1.807) is 0 Å². The van der Waals surface area contributed by atoms with E-state index < -0.39 is 18.1 Å². The molecule has 0 radical (unpaired) electrons. The summed E-state index contributed by atoms with van der Waals surface area (Å²) in [6.07, 6.45) is 4.72. The van der Waals surface area contributed by atoms with Crippen LogP contribution in [0.2, 0.25) is 0 Å². The summed E-state index contributed by atoms with van der Waals surface area (Å²) in [7, 11) is 0. The summed E-state index contributed by atoms with van der Waals surface area (Å²) in [4.78, 5) is 36.7. The number of carbonyl (C=O) groups is 2. The molecule has 2 N–H and O–H groups in total. The van der Waals surface area contributed by atoms with Crippen LogP contribution in [0.4, 0.5) is 4.79 Å². The van der Waals surface area contributed by atoms with Crippen molar-refractivity contribution in [1.82, 2.24) is 20.2 Å². The van der Waals surface area contributed by atoms with Crippen LogP contribution in [-0.2, 0) is 22.6 Å². The van der Waals surface area contributed by atoms with Crippen molar-refractivity contribution in [2.24, 2.45) is 0 Å². The molecule has 0 saturated carbocycles. The number of alkyl carbamates (subject to hydrolysis) is 1. The van der Waals surface area contributed by atoms with E-state index in [1.807, 2.05) is 60.9 Å². The number of pyridine rings is 2. The predicted molar refractivity (Wildman–Crippen MR) is 191 cm³/mol. The third-order valence-corrected chi connectivity index (χ3v) is 9.30. The molecule has 0 aliphatic heterocycles. The van der Waals surface area contributed by atoms with Gasteiger partial charge in [0.25, 0.3) is 0 Å². The number of carbonyl (C=O) groups excluding carboxylic acids is 1. The van der Waals surface area contributed by atoms with Crippen LogP contribution in [0, 0.1) is 0 Å². The highest BCUT2D eigenvalue weighted by Crippen LogP contribution is 2.44. The van der Waals surface area contributed by atoms with Crippen molar-refractivity contribution in [3.8, 4) is 11.1 Å². The fourth-order valence-corrected chi connectivity index (χ4v) is 6.83. The van der Waals surface area contributed by atoms with Gasteiger partial charge in [-0.2, -0.15) is 0 Å². The number of fused-ring (bicyclic) bond motifs is 5. The molecule has 1 amide bonds. The summed E-state index contributed by atoms with van der Waals surface area (Å²) in [5.74, 6) is -1.17. The number of aliphatic carboxylic acids is 1. The monoisotopic (exact) mass is 650 g/mol. The molecule has 2 aromatic heterocycles. The van der Waals surface area contributed by atoms with E-state index in [-0.39, 0.29) is 18.9 Å². The van der Waals surface area contributed by atoms with Crippen molar-refractivity contribution in [3.63, 3.8) is 0 Å². The van der Waals surface area contributed by atoms with Crippen LogP contribution in [0.25, 0.3) is 32.7 Å². The predicted octanol–water partition coefficient (Wildman–Crippen LogP) is 7.95. The maximum absolute atomic E-state index is 12.9. The van der Waals surface area contributed by atoms with Gasteiger partial charge in [0, 0.05) is 42.2 Å². The van der Waals surface area contributed by atoms with E-state index in [2.05, 4.69) is 70.9 Å². The zero-order valence-corrected chi connectivity index (χ0v) is 27.2. The van der Waals surface area contributed by atoms with Crippen LogP contribution in [-0.4, -0.2) is 51.2 Å². The van der Waals surface area contributed by atoms with E-state index in [1.165, 1.54) is 0 Å². The molecule has 2 heterocycles. The van der Waals surface area contributed by atoms with Gasteiger partial charge < -0.3 is 15.2 Å². The Morgan fingerprint density at radius 2 is 1.22 bits per heavy atom. The molecule has 0 unspecified atom stereocenters.